The van der Waals surface area contributed by atoms with Gasteiger partial charge < -0.3 is 5.32 Å². The molecule has 2 heterocycles. The van der Waals surface area contributed by atoms with Crippen molar-refractivity contribution in [1.29, 1.82) is 0 Å². The van der Waals surface area contributed by atoms with Gasteiger partial charge in [-0.1, -0.05) is 30.3 Å². The fourth-order valence-electron chi connectivity index (χ4n) is 2.05. The minimum atomic E-state index is 0.624. The average molecular weight is 391 g/mol. The molecule has 0 saturated heterocycles. The van der Waals surface area contributed by atoms with Gasteiger partial charge >= 0.3 is 0 Å². The Labute approximate surface area is 136 Å². The Kier molecular flexibility index (Phi) is 3.87. The van der Waals surface area contributed by atoms with Crippen LogP contribution in [0.25, 0.3) is 22.8 Å². The van der Waals surface area contributed by atoms with Crippen molar-refractivity contribution in [1.82, 2.24) is 19.7 Å². The maximum atomic E-state index is 4.70. The number of aryl methyl sites for hydroxylation is 1. The Hall–Kier alpha value is -1.96. The van der Waals surface area contributed by atoms with Crippen LogP contribution in [0.15, 0.2) is 42.6 Å². The Morgan fingerprint density at radius 1 is 1.10 bits per heavy atom. The van der Waals surface area contributed by atoms with E-state index in [2.05, 4.69) is 38.0 Å². The first-order chi connectivity index (χ1) is 10.2. The van der Waals surface area contributed by atoms with E-state index in [0.29, 0.717) is 5.82 Å². The molecular formula is C15H14IN5. The standard InChI is InChI=1S/C15H14IN5/c1-17-15-12(16)13(10-6-4-3-5-7-10)18-14(19-15)11-8-9-21(2)20-11/h3-9H,1-2H3,(H,17,18,19). The predicted molar refractivity (Wildman–Crippen MR) is 91.9 cm³/mol. The summed E-state index contributed by atoms with van der Waals surface area (Å²) in [5, 5.41) is 7.51. The van der Waals surface area contributed by atoms with Gasteiger partial charge in [-0.25, -0.2) is 9.97 Å². The van der Waals surface area contributed by atoms with Gasteiger partial charge in [0.25, 0.3) is 0 Å². The van der Waals surface area contributed by atoms with Gasteiger partial charge in [0.15, 0.2) is 5.82 Å². The third-order valence-electron chi connectivity index (χ3n) is 3.08. The van der Waals surface area contributed by atoms with Crippen molar-refractivity contribution in [3.8, 4) is 22.8 Å². The van der Waals surface area contributed by atoms with E-state index >= 15 is 0 Å². The van der Waals surface area contributed by atoms with Crippen molar-refractivity contribution in [3.05, 3.63) is 46.2 Å². The maximum Gasteiger partial charge on any atom is 0.182 e. The molecule has 21 heavy (non-hydrogen) atoms. The van der Waals surface area contributed by atoms with Gasteiger partial charge in [-0.05, 0) is 28.7 Å². The first-order valence-electron chi connectivity index (χ1n) is 6.50. The lowest BCUT2D eigenvalue weighted by atomic mass is 10.1. The van der Waals surface area contributed by atoms with Crippen LogP contribution in [-0.2, 0) is 7.05 Å². The molecule has 3 aromatic rings. The molecule has 1 N–H and O–H groups in total. The van der Waals surface area contributed by atoms with Crippen molar-refractivity contribution in [2.75, 3.05) is 12.4 Å². The smallest absolute Gasteiger partial charge is 0.182 e. The van der Waals surface area contributed by atoms with E-state index in [9.17, 15) is 0 Å². The van der Waals surface area contributed by atoms with Crippen LogP contribution in [0.1, 0.15) is 0 Å². The highest BCUT2D eigenvalue weighted by Gasteiger charge is 2.15. The molecule has 5 nitrogen and oxygen atoms in total. The summed E-state index contributed by atoms with van der Waals surface area (Å²) in [6.07, 6.45) is 1.89. The molecule has 0 fully saturated rings. The molecular weight excluding hydrogens is 377 g/mol. The lowest BCUT2D eigenvalue weighted by molar-refractivity contribution is 0.768. The van der Waals surface area contributed by atoms with Crippen LogP contribution in [0.2, 0.25) is 0 Å². The number of hydrogen-bond acceptors (Lipinski definition) is 4. The molecule has 0 spiro atoms. The largest absolute Gasteiger partial charge is 0.372 e. The molecule has 0 saturated carbocycles. The van der Waals surface area contributed by atoms with Crippen LogP contribution in [0.4, 0.5) is 5.82 Å². The lowest BCUT2D eigenvalue weighted by Crippen LogP contribution is -2.03. The van der Waals surface area contributed by atoms with Crippen molar-refractivity contribution in [2.24, 2.45) is 7.05 Å². The summed E-state index contributed by atoms with van der Waals surface area (Å²) >= 11 is 2.27. The summed E-state index contributed by atoms with van der Waals surface area (Å²) in [5.74, 6) is 1.43. The van der Waals surface area contributed by atoms with Gasteiger partial charge in [-0.15, -0.1) is 0 Å². The number of hydrogen-bond donors (Lipinski definition) is 1. The minimum Gasteiger partial charge on any atom is -0.372 e. The molecule has 0 amide bonds. The average Bonchev–Trinajstić information content (AvgIpc) is 2.95. The highest BCUT2D eigenvalue weighted by molar-refractivity contribution is 14.1. The summed E-state index contributed by atoms with van der Waals surface area (Å²) in [6, 6.07) is 12.0. The Balaban J connectivity index is 2.20. The first kappa shape index (κ1) is 14.0. The number of rotatable bonds is 3. The molecule has 0 unspecified atom stereocenters. The first-order valence-corrected chi connectivity index (χ1v) is 7.57. The molecule has 2 aromatic heterocycles. The van der Waals surface area contributed by atoms with Gasteiger partial charge in [-0.2, -0.15) is 5.10 Å². The topological polar surface area (TPSA) is 55.6 Å². The normalized spacial score (nSPS) is 10.6. The second-order valence-electron chi connectivity index (χ2n) is 4.55. The van der Waals surface area contributed by atoms with Gasteiger partial charge in [0, 0.05) is 25.9 Å². The number of halogens is 1. The van der Waals surface area contributed by atoms with Gasteiger partial charge in [0.05, 0.1) is 9.26 Å². The monoisotopic (exact) mass is 391 g/mol. The molecule has 6 heteroatoms. The van der Waals surface area contributed by atoms with E-state index in [1.54, 1.807) is 4.68 Å². The second kappa shape index (κ2) is 5.80. The van der Waals surface area contributed by atoms with Crippen molar-refractivity contribution >= 4 is 28.4 Å². The molecule has 0 atom stereocenters. The molecule has 0 aliphatic heterocycles. The Bertz CT molecular complexity index is 767. The molecule has 3 rings (SSSR count). The molecule has 0 aliphatic rings. The quantitative estimate of drug-likeness (QED) is 0.697. The van der Waals surface area contributed by atoms with E-state index < -0.39 is 0 Å². The molecule has 1 aromatic carbocycles. The number of anilines is 1. The summed E-state index contributed by atoms with van der Waals surface area (Å²) < 4.78 is 2.75. The molecule has 0 radical (unpaired) electrons. The van der Waals surface area contributed by atoms with Gasteiger partial charge in [0.2, 0.25) is 0 Å². The van der Waals surface area contributed by atoms with Crippen LogP contribution < -0.4 is 5.32 Å². The summed E-state index contributed by atoms with van der Waals surface area (Å²) in [7, 11) is 3.74. The summed E-state index contributed by atoms with van der Waals surface area (Å²) in [4.78, 5) is 9.26. The van der Waals surface area contributed by atoms with Gasteiger partial charge in [-0.3, -0.25) is 4.68 Å². The predicted octanol–water partition coefficient (Wildman–Crippen LogP) is 3.19. The van der Waals surface area contributed by atoms with Crippen LogP contribution in [-0.4, -0.2) is 26.8 Å². The zero-order chi connectivity index (χ0) is 14.8. The highest BCUT2D eigenvalue weighted by Crippen LogP contribution is 2.29. The SMILES string of the molecule is CNc1nc(-c2ccn(C)n2)nc(-c2ccccc2)c1I. The molecule has 106 valence electrons. The third kappa shape index (κ3) is 2.76. The van der Waals surface area contributed by atoms with E-state index in [4.69, 9.17) is 4.98 Å². The fraction of sp³-hybridized carbons (Fsp3) is 0.133. The van der Waals surface area contributed by atoms with E-state index in [1.165, 1.54) is 0 Å². The van der Waals surface area contributed by atoms with Crippen LogP contribution in [0.3, 0.4) is 0 Å². The fourth-order valence-corrected chi connectivity index (χ4v) is 2.87. The zero-order valence-electron chi connectivity index (χ0n) is 11.7. The molecule has 0 aliphatic carbocycles. The van der Waals surface area contributed by atoms with Crippen LogP contribution >= 0.6 is 22.6 Å². The third-order valence-corrected chi connectivity index (χ3v) is 4.10. The van der Waals surface area contributed by atoms with Crippen LogP contribution in [0.5, 0.6) is 0 Å². The molecule has 0 bridgehead atoms. The van der Waals surface area contributed by atoms with Crippen LogP contribution in [0, 0.1) is 3.57 Å². The number of nitrogens with one attached hydrogen (secondary N) is 1. The zero-order valence-corrected chi connectivity index (χ0v) is 13.9. The second-order valence-corrected chi connectivity index (χ2v) is 5.63. The van der Waals surface area contributed by atoms with E-state index in [0.717, 1.165) is 26.3 Å². The highest BCUT2D eigenvalue weighted by atomic mass is 127. The van der Waals surface area contributed by atoms with E-state index in [1.807, 2.05) is 56.7 Å². The Morgan fingerprint density at radius 2 is 1.86 bits per heavy atom. The lowest BCUT2D eigenvalue weighted by Gasteiger charge is -2.10. The van der Waals surface area contributed by atoms with Crippen molar-refractivity contribution in [3.63, 3.8) is 0 Å². The van der Waals surface area contributed by atoms with Gasteiger partial charge in [0.1, 0.15) is 11.5 Å². The maximum absolute atomic E-state index is 4.70. The van der Waals surface area contributed by atoms with Crippen molar-refractivity contribution < 1.29 is 0 Å². The van der Waals surface area contributed by atoms with E-state index in [-0.39, 0.29) is 0 Å². The number of nitrogens with zero attached hydrogens (tertiary/aromatic N) is 4. The number of aromatic nitrogens is 4. The summed E-state index contributed by atoms with van der Waals surface area (Å²) in [5.41, 5.74) is 2.75. The Morgan fingerprint density at radius 3 is 2.48 bits per heavy atom. The number of benzene rings is 1. The minimum absolute atomic E-state index is 0.624. The van der Waals surface area contributed by atoms with Crippen molar-refractivity contribution in [2.45, 2.75) is 0 Å². The summed E-state index contributed by atoms with van der Waals surface area (Å²) in [6.45, 7) is 0.